The fourth-order valence-corrected chi connectivity index (χ4v) is 2.53. The predicted molar refractivity (Wildman–Crippen MR) is 114 cm³/mol. The van der Waals surface area contributed by atoms with Crippen molar-refractivity contribution in [1.82, 2.24) is 5.32 Å². The minimum atomic E-state index is -0.635. The van der Waals surface area contributed by atoms with Crippen LogP contribution in [0.15, 0.2) is 48.0 Å². The molecule has 2 rings (SSSR count). The fourth-order valence-electron chi connectivity index (χ4n) is 2.53. The minimum Gasteiger partial charge on any atom is -0.493 e. The molecule has 0 saturated carbocycles. The molecule has 8 heteroatoms. The van der Waals surface area contributed by atoms with Crippen LogP contribution in [0, 0.1) is 11.3 Å². The Labute approximate surface area is 181 Å². The third-order valence-electron chi connectivity index (χ3n) is 4.04. The lowest BCUT2D eigenvalue weighted by atomic mass is 10.1. The van der Waals surface area contributed by atoms with E-state index in [0.717, 1.165) is 6.42 Å². The van der Waals surface area contributed by atoms with Gasteiger partial charge in [-0.25, -0.2) is 4.79 Å². The maximum Gasteiger partial charge on any atom is 0.349 e. The lowest BCUT2D eigenvalue weighted by Crippen LogP contribution is -2.25. The molecule has 0 aliphatic rings. The van der Waals surface area contributed by atoms with Crippen LogP contribution in [-0.4, -0.2) is 39.2 Å². The van der Waals surface area contributed by atoms with Crippen LogP contribution in [0.1, 0.15) is 18.9 Å². The maximum absolute atomic E-state index is 12.2. The first-order chi connectivity index (χ1) is 15.0. The van der Waals surface area contributed by atoms with E-state index in [9.17, 15) is 14.9 Å². The van der Waals surface area contributed by atoms with Crippen molar-refractivity contribution in [3.63, 3.8) is 0 Å². The molecular formula is C23H24N2O6. The molecule has 2 aromatic carbocycles. The van der Waals surface area contributed by atoms with Gasteiger partial charge in [-0.05, 0) is 42.3 Å². The third kappa shape index (κ3) is 6.78. The molecule has 8 nitrogen and oxygen atoms in total. The highest BCUT2D eigenvalue weighted by Crippen LogP contribution is 2.30. The van der Waals surface area contributed by atoms with Crippen LogP contribution >= 0.6 is 0 Å². The lowest BCUT2D eigenvalue weighted by Gasteiger charge is -2.12. The molecule has 0 aliphatic heterocycles. The van der Waals surface area contributed by atoms with Crippen LogP contribution in [0.3, 0.4) is 0 Å². The molecular weight excluding hydrogens is 400 g/mol. The van der Waals surface area contributed by atoms with Crippen molar-refractivity contribution in [2.24, 2.45) is 0 Å². The number of nitriles is 1. The summed E-state index contributed by atoms with van der Waals surface area (Å²) in [7, 11) is 2.93. The van der Waals surface area contributed by atoms with E-state index in [1.54, 1.807) is 36.4 Å². The molecule has 2 aromatic rings. The molecule has 0 spiro atoms. The minimum absolute atomic E-state index is 0.0366. The Hall–Kier alpha value is -3.99. The molecule has 0 fully saturated rings. The van der Waals surface area contributed by atoms with Crippen LogP contribution < -0.4 is 24.3 Å². The van der Waals surface area contributed by atoms with Gasteiger partial charge in [0.05, 0.1) is 14.2 Å². The zero-order valence-corrected chi connectivity index (χ0v) is 17.6. The number of carbonyl (C=O) groups excluding carboxylic acids is 2. The van der Waals surface area contributed by atoms with E-state index in [1.165, 1.54) is 26.4 Å². The summed E-state index contributed by atoms with van der Waals surface area (Å²) in [6.07, 6.45) is 2.20. The molecule has 0 unspecified atom stereocenters. The van der Waals surface area contributed by atoms with Gasteiger partial charge in [0.15, 0.2) is 29.6 Å². The van der Waals surface area contributed by atoms with Crippen molar-refractivity contribution in [2.45, 2.75) is 13.3 Å². The number of ether oxygens (including phenoxy) is 4. The van der Waals surface area contributed by atoms with Crippen molar-refractivity contribution in [3.8, 4) is 29.1 Å². The Morgan fingerprint density at radius 2 is 1.74 bits per heavy atom. The first kappa shape index (κ1) is 23.3. The van der Waals surface area contributed by atoms with Gasteiger partial charge in [0.25, 0.3) is 5.91 Å². The monoisotopic (exact) mass is 424 g/mol. The zero-order valence-electron chi connectivity index (χ0n) is 17.6. The van der Waals surface area contributed by atoms with E-state index >= 15 is 0 Å². The van der Waals surface area contributed by atoms with Gasteiger partial charge in [0.1, 0.15) is 11.6 Å². The average Bonchev–Trinajstić information content (AvgIpc) is 2.80. The van der Waals surface area contributed by atoms with E-state index in [1.807, 2.05) is 13.0 Å². The van der Waals surface area contributed by atoms with E-state index < -0.39 is 11.9 Å². The smallest absolute Gasteiger partial charge is 0.349 e. The summed E-state index contributed by atoms with van der Waals surface area (Å²) in [5, 5.41) is 11.9. The van der Waals surface area contributed by atoms with Crippen LogP contribution in [0.2, 0.25) is 0 Å². The van der Waals surface area contributed by atoms with Gasteiger partial charge in [-0.1, -0.05) is 25.1 Å². The molecule has 0 radical (unpaired) electrons. The molecule has 0 bridgehead atoms. The Morgan fingerprint density at radius 1 is 1.03 bits per heavy atom. The van der Waals surface area contributed by atoms with Gasteiger partial charge in [0.2, 0.25) is 0 Å². The standard InChI is InChI=1S/C23H24N2O6/c1-4-11-25-23(27)17(14-24)12-16-9-10-20(21(13-16)29-3)31-22(26)15-30-19-8-6-5-7-18(19)28-2/h5-10,12-13H,4,11,15H2,1-3H3,(H,25,27)/b17-12+. The molecule has 1 N–H and O–H groups in total. The number of nitrogens with one attached hydrogen (secondary N) is 1. The van der Waals surface area contributed by atoms with Crippen molar-refractivity contribution in [2.75, 3.05) is 27.4 Å². The second-order valence-corrected chi connectivity index (χ2v) is 6.25. The Morgan fingerprint density at radius 3 is 2.39 bits per heavy atom. The summed E-state index contributed by atoms with van der Waals surface area (Å²) in [4.78, 5) is 24.2. The number of methoxy groups -OCH3 is 2. The Bertz CT molecular complexity index is 994. The van der Waals surface area contributed by atoms with Crippen LogP contribution in [0.4, 0.5) is 0 Å². The Balaban J connectivity index is 2.09. The number of hydrogen-bond donors (Lipinski definition) is 1. The first-order valence-corrected chi connectivity index (χ1v) is 9.56. The van der Waals surface area contributed by atoms with E-state index in [2.05, 4.69) is 5.32 Å². The van der Waals surface area contributed by atoms with Crippen molar-refractivity contribution in [3.05, 3.63) is 53.6 Å². The number of hydrogen-bond acceptors (Lipinski definition) is 7. The molecule has 0 aliphatic carbocycles. The number of nitrogens with zero attached hydrogens (tertiary/aromatic N) is 1. The summed E-state index contributed by atoms with van der Waals surface area (Å²) in [6, 6.07) is 13.5. The number of para-hydroxylation sites is 2. The summed E-state index contributed by atoms with van der Waals surface area (Å²) < 4.78 is 21.2. The molecule has 0 saturated heterocycles. The van der Waals surface area contributed by atoms with Gasteiger partial charge < -0.3 is 24.3 Å². The quantitative estimate of drug-likeness (QED) is 0.270. The molecule has 162 valence electrons. The normalized spacial score (nSPS) is 10.6. The topological polar surface area (TPSA) is 107 Å². The molecule has 1 amide bonds. The number of benzene rings is 2. The molecule has 0 aromatic heterocycles. The number of rotatable bonds is 10. The number of carbonyl (C=O) groups is 2. The molecule has 0 atom stereocenters. The highest BCUT2D eigenvalue weighted by molar-refractivity contribution is 6.01. The Kier molecular flexibility index (Phi) is 8.92. The first-order valence-electron chi connectivity index (χ1n) is 9.56. The van der Waals surface area contributed by atoms with E-state index in [0.29, 0.717) is 23.6 Å². The van der Waals surface area contributed by atoms with Crippen LogP contribution in [-0.2, 0) is 9.59 Å². The van der Waals surface area contributed by atoms with Crippen molar-refractivity contribution >= 4 is 18.0 Å². The second kappa shape index (κ2) is 11.9. The fraction of sp³-hybridized carbons (Fsp3) is 0.261. The number of amides is 1. The SMILES string of the molecule is CCCNC(=O)/C(C#N)=C/c1ccc(OC(=O)COc2ccccc2OC)c(OC)c1. The predicted octanol–water partition coefficient (Wildman–Crippen LogP) is 3.12. The maximum atomic E-state index is 12.2. The van der Waals surface area contributed by atoms with Crippen LogP contribution in [0.5, 0.6) is 23.0 Å². The largest absolute Gasteiger partial charge is 0.493 e. The van der Waals surface area contributed by atoms with Gasteiger partial charge in [-0.15, -0.1) is 0 Å². The summed E-state index contributed by atoms with van der Waals surface area (Å²) in [6.45, 7) is 2.07. The molecule has 0 heterocycles. The van der Waals surface area contributed by atoms with Crippen molar-refractivity contribution < 1.29 is 28.5 Å². The van der Waals surface area contributed by atoms with Gasteiger partial charge in [0, 0.05) is 6.54 Å². The van der Waals surface area contributed by atoms with Gasteiger partial charge in [-0.2, -0.15) is 5.26 Å². The average molecular weight is 424 g/mol. The van der Waals surface area contributed by atoms with E-state index in [4.69, 9.17) is 18.9 Å². The zero-order chi connectivity index (χ0) is 22.6. The lowest BCUT2D eigenvalue weighted by molar-refractivity contribution is -0.136. The summed E-state index contributed by atoms with van der Waals surface area (Å²) in [5.41, 5.74) is 0.510. The highest BCUT2D eigenvalue weighted by atomic mass is 16.6. The number of esters is 1. The summed E-state index contributed by atoms with van der Waals surface area (Å²) >= 11 is 0. The molecule has 31 heavy (non-hydrogen) atoms. The highest BCUT2D eigenvalue weighted by Gasteiger charge is 2.14. The third-order valence-corrected chi connectivity index (χ3v) is 4.04. The second-order valence-electron chi connectivity index (χ2n) is 6.25. The van der Waals surface area contributed by atoms with Crippen molar-refractivity contribution in [1.29, 1.82) is 5.26 Å². The van der Waals surface area contributed by atoms with E-state index in [-0.39, 0.29) is 23.7 Å². The summed E-state index contributed by atoms with van der Waals surface area (Å²) in [5.74, 6) is 0.282. The van der Waals surface area contributed by atoms with Gasteiger partial charge in [-0.3, -0.25) is 4.79 Å². The van der Waals surface area contributed by atoms with Crippen LogP contribution in [0.25, 0.3) is 6.08 Å². The van der Waals surface area contributed by atoms with Gasteiger partial charge >= 0.3 is 5.97 Å².